The average molecular weight is 539 g/mol. The number of hydrogen-bond acceptors (Lipinski definition) is 3. The zero-order valence-electron chi connectivity index (χ0n) is 16.4. The molecule has 5 nitrogen and oxygen atoms in total. The number of carbonyl (C=O) groups excluding carboxylic acids is 1. The molecule has 0 bridgehead atoms. The van der Waals surface area contributed by atoms with Crippen LogP contribution in [0.1, 0.15) is 15.9 Å². The Labute approximate surface area is 197 Å². The first kappa shape index (κ1) is 20.0. The van der Waals surface area contributed by atoms with Gasteiger partial charge in [-0.25, -0.2) is 0 Å². The highest BCUT2D eigenvalue weighted by Gasteiger charge is 2.15. The Morgan fingerprint density at radius 2 is 1.71 bits per heavy atom. The van der Waals surface area contributed by atoms with Crippen LogP contribution in [0.5, 0.6) is 0 Å². The Kier molecular flexibility index (Phi) is 5.11. The van der Waals surface area contributed by atoms with Crippen LogP contribution >= 0.6 is 34.2 Å². The highest BCUT2D eigenvalue weighted by molar-refractivity contribution is 14.1. The van der Waals surface area contributed by atoms with E-state index >= 15 is 0 Å². The maximum absolute atomic E-state index is 12.8. The highest BCUT2D eigenvalue weighted by atomic mass is 127. The van der Waals surface area contributed by atoms with Crippen molar-refractivity contribution in [3.05, 3.63) is 92.5 Å². The summed E-state index contributed by atoms with van der Waals surface area (Å²) < 4.78 is 0.942. The lowest BCUT2D eigenvalue weighted by Gasteiger charge is -2.09. The highest BCUT2D eigenvalue weighted by Crippen LogP contribution is 2.26. The molecule has 0 aliphatic heterocycles. The third kappa shape index (κ3) is 3.77. The number of fused-ring (bicyclic) bond motifs is 2. The minimum absolute atomic E-state index is 0.257. The minimum Gasteiger partial charge on any atom is -0.322 e. The van der Waals surface area contributed by atoms with Crippen LogP contribution in [0.25, 0.3) is 27.5 Å². The van der Waals surface area contributed by atoms with Gasteiger partial charge < -0.3 is 5.32 Å². The number of aryl methyl sites for hydroxylation is 1. The van der Waals surface area contributed by atoms with Crippen LogP contribution in [-0.2, 0) is 0 Å². The van der Waals surface area contributed by atoms with Gasteiger partial charge in [-0.1, -0.05) is 48.0 Å². The van der Waals surface area contributed by atoms with Gasteiger partial charge in [-0.3, -0.25) is 4.79 Å². The van der Waals surface area contributed by atoms with Gasteiger partial charge in [0.1, 0.15) is 11.0 Å². The monoisotopic (exact) mass is 538 g/mol. The standard InChI is InChI=1S/C24H16ClIN4O/c1-14-11-21-22(13-20(14)27-24(31)18-12-16(26)9-10-19(18)25)29-30(28-21)23-8-4-6-15-5-2-3-7-17(15)23/h2-13H,1H3,(H,27,31). The van der Waals surface area contributed by atoms with E-state index in [1.54, 1.807) is 16.9 Å². The van der Waals surface area contributed by atoms with Crippen LogP contribution in [0.4, 0.5) is 5.69 Å². The van der Waals surface area contributed by atoms with Gasteiger partial charge in [0, 0.05) is 14.6 Å². The molecule has 0 aliphatic carbocycles. The van der Waals surface area contributed by atoms with Crippen LogP contribution in [-0.4, -0.2) is 20.9 Å². The maximum atomic E-state index is 12.8. The molecule has 5 rings (SSSR count). The summed E-state index contributed by atoms with van der Waals surface area (Å²) in [4.78, 5) is 14.5. The zero-order chi connectivity index (χ0) is 21.5. The minimum atomic E-state index is -0.257. The molecule has 1 amide bonds. The second-order valence-corrected chi connectivity index (χ2v) is 8.87. The first-order valence-corrected chi connectivity index (χ1v) is 11.1. The smallest absolute Gasteiger partial charge is 0.257 e. The summed E-state index contributed by atoms with van der Waals surface area (Å²) >= 11 is 8.38. The van der Waals surface area contributed by atoms with Crippen molar-refractivity contribution in [1.29, 1.82) is 0 Å². The second kappa shape index (κ2) is 7.94. The summed E-state index contributed by atoms with van der Waals surface area (Å²) in [5, 5.41) is 14.9. The molecule has 0 unspecified atom stereocenters. The Morgan fingerprint density at radius 1 is 0.968 bits per heavy atom. The van der Waals surface area contributed by atoms with Gasteiger partial charge in [-0.15, -0.1) is 15.0 Å². The number of carbonyl (C=O) groups is 1. The van der Waals surface area contributed by atoms with Crippen molar-refractivity contribution in [3.8, 4) is 5.69 Å². The number of rotatable bonds is 3. The third-order valence-corrected chi connectivity index (χ3v) is 6.13. The molecule has 0 atom stereocenters. The van der Waals surface area contributed by atoms with Crippen LogP contribution < -0.4 is 5.32 Å². The van der Waals surface area contributed by atoms with Crippen molar-refractivity contribution in [1.82, 2.24) is 15.0 Å². The number of anilines is 1. The molecule has 0 saturated heterocycles. The van der Waals surface area contributed by atoms with Crippen molar-refractivity contribution in [2.75, 3.05) is 5.32 Å². The van der Waals surface area contributed by atoms with Gasteiger partial charge in [0.05, 0.1) is 16.3 Å². The lowest BCUT2D eigenvalue weighted by molar-refractivity contribution is 0.102. The number of nitrogens with one attached hydrogen (secondary N) is 1. The molecule has 0 aliphatic rings. The molecule has 1 heterocycles. The van der Waals surface area contributed by atoms with Crippen molar-refractivity contribution in [3.63, 3.8) is 0 Å². The van der Waals surface area contributed by atoms with E-state index in [1.165, 1.54) is 0 Å². The molecular formula is C24H16ClIN4O. The molecule has 0 saturated carbocycles. The summed E-state index contributed by atoms with van der Waals surface area (Å²) in [6.45, 7) is 1.93. The van der Waals surface area contributed by atoms with Gasteiger partial charge in [0.25, 0.3) is 5.91 Å². The lowest BCUT2D eigenvalue weighted by atomic mass is 10.1. The molecule has 0 fully saturated rings. The normalized spacial score (nSPS) is 11.2. The second-order valence-electron chi connectivity index (χ2n) is 7.22. The summed E-state index contributed by atoms with van der Waals surface area (Å²) in [5.74, 6) is -0.257. The number of nitrogens with zero attached hydrogens (tertiary/aromatic N) is 3. The molecule has 4 aromatic carbocycles. The molecule has 31 heavy (non-hydrogen) atoms. The Balaban J connectivity index is 1.54. The number of halogens is 2. The largest absolute Gasteiger partial charge is 0.322 e. The van der Waals surface area contributed by atoms with Crippen LogP contribution in [0, 0.1) is 10.5 Å². The van der Waals surface area contributed by atoms with Gasteiger partial charge in [0.15, 0.2) is 0 Å². The molecule has 1 aromatic heterocycles. The van der Waals surface area contributed by atoms with Crippen molar-refractivity contribution < 1.29 is 4.79 Å². The number of benzene rings is 4. The van der Waals surface area contributed by atoms with Crippen LogP contribution in [0.15, 0.2) is 72.8 Å². The molecule has 7 heteroatoms. The molecule has 0 spiro atoms. The predicted molar refractivity (Wildman–Crippen MR) is 133 cm³/mol. The van der Waals surface area contributed by atoms with Gasteiger partial charge >= 0.3 is 0 Å². The van der Waals surface area contributed by atoms with Crippen molar-refractivity contribution in [2.45, 2.75) is 6.92 Å². The van der Waals surface area contributed by atoms with Gasteiger partial charge in [-0.2, -0.15) is 0 Å². The molecule has 5 aromatic rings. The average Bonchev–Trinajstić information content (AvgIpc) is 3.17. The maximum Gasteiger partial charge on any atom is 0.257 e. The molecule has 0 radical (unpaired) electrons. The summed E-state index contributed by atoms with van der Waals surface area (Å²) in [7, 11) is 0. The summed E-state index contributed by atoms with van der Waals surface area (Å²) in [6, 6.07) is 23.3. The Bertz CT molecular complexity index is 1470. The summed E-state index contributed by atoms with van der Waals surface area (Å²) in [6.07, 6.45) is 0. The quantitative estimate of drug-likeness (QED) is 0.271. The summed E-state index contributed by atoms with van der Waals surface area (Å²) in [5.41, 5.74) is 4.37. The SMILES string of the molecule is Cc1cc2nn(-c3cccc4ccccc34)nc2cc1NC(=O)c1cc(I)ccc1Cl. The van der Waals surface area contributed by atoms with E-state index in [4.69, 9.17) is 11.6 Å². The lowest BCUT2D eigenvalue weighted by Crippen LogP contribution is -2.13. The fourth-order valence-electron chi connectivity index (χ4n) is 3.55. The fraction of sp³-hybridized carbons (Fsp3) is 0.0417. The molecule has 152 valence electrons. The van der Waals surface area contributed by atoms with E-state index in [-0.39, 0.29) is 5.91 Å². The molecular weight excluding hydrogens is 523 g/mol. The first-order valence-electron chi connectivity index (χ1n) is 9.62. The van der Waals surface area contributed by atoms with Crippen LogP contribution in [0.3, 0.4) is 0 Å². The van der Waals surface area contributed by atoms with E-state index in [1.807, 2.05) is 49.4 Å². The number of amides is 1. The van der Waals surface area contributed by atoms with Crippen molar-refractivity contribution in [2.24, 2.45) is 0 Å². The van der Waals surface area contributed by atoms with E-state index in [0.717, 1.165) is 31.1 Å². The molecule has 1 N–H and O–H groups in total. The van der Waals surface area contributed by atoms with Gasteiger partial charge in [0.2, 0.25) is 0 Å². The predicted octanol–water partition coefficient (Wildman–Crippen LogP) is 6.39. The van der Waals surface area contributed by atoms with E-state index < -0.39 is 0 Å². The van der Waals surface area contributed by atoms with E-state index in [0.29, 0.717) is 21.8 Å². The van der Waals surface area contributed by atoms with Crippen molar-refractivity contribution >= 4 is 67.6 Å². The topological polar surface area (TPSA) is 59.8 Å². The zero-order valence-corrected chi connectivity index (χ0v) is 19.3. The van der Waals surface area contributed by atoms with E-state index in [2.05, 4.69) is 56.3 Å². The fourth-order valence-corrected chi connectivity index (χ4v) is 4.25. The first-order chi connectivity index (χ1) is 15.0. The number of hydrogen-bond donors (Lipinski definition) is 1. The van der Waals surface area contributed by atoms with Gasteiger partial charge in [-0.05, 0) is 76.9 Å². The third-order valence-electron chi connectivity index (χ3n) is 5.13. The number of aromatic nitrogens is 3. The van der Waals surface area contributed by atoms with E-state index in [9.17, 15) is 4.79 Å². The Morgan fingerprint density at radius 3 is 2.55 bits per heavy atom. The Hall–Kier alpha value is -2.97. The van der Waals surface area contributed by atoms with Crippen LogP contribution in [0.2, 0.25) is 5.02 Å².